The number of nitrogens with one attached hydrogen (secondary N) is 1. The first-order chi connectivity index (χ1) is 15.0. The molecule has 0 aromatic carbocycles. The molecule has 1 amide bonds. The number of anilines is 2. The Kier molecular flexibility index (Phi) is 6.10. The van der Waals surface area contributed by atoms with E-state index < -0.39 is 11.7 Å². The van der Waals surface area contributed by atoms with Gasteiger partial charge in [0.05, 0.1) is 17.3 Å². The molecule has 2 unspecified atom stereocenters. The highest BCUT2D eigenvalue weighted by atomic mass is 19.1. The number of hydrogen-bond donors (Lipinski definition) is 3. The maximum atomic E-state index is 15.6. The molecule has 0 bridgehead atoms. The summed E-state index contributed by atoms with van der Waals surface area (Å²) in [6.45, 7) is 0. The van der Waals surface area contributed by atoms with E-state index in [1.165, 1.54) is 42.1 Å². The van der Waals surface area contributed by atoms with Crippen LogP contribution in [-0.2, 0) is 0 Å². The number of hydrogen-bond acceptors (Lipinski definition) is 8. The lowest BCUT2D eigenvalue weighted by molar-refractivity contribution is 0.1000. The fraction of sp³-hybridized carbons (Fsp3) is 0.286. The van der Waals surface area contributed by atoms with Gasteiger partial charge in [0.1, 0.15) is 11.5 Å². The quantitative estimate of drug-likeness (QED) is 0.514. The lowest BCUT2D eigenvalue weighted by Crippen LogP contribution is -2.53. The maximum absolute atomic E-state index is 15.6. The fourth-order valence-electron chi connectivity index (χ4n) is 3.59. The van der Waals surface area contributed by atoms with Crippen molar-refractivity contribution in [1.82, 2.24) is 25.4 Å². The van der Waals surface area contributed by atoms with Crippen LogP contribution in [0.1, 0.15) is 36.0 Å². The van der Waals surface area contributed by atoms with Crippen LogP contribution in [0, 0.1) is 5.82 Å². The molecule has 0 radical (unpaired) electrons. The van der Waals surface area contributed by atoms with Crippen molar-refractivity contribution in [1.29, 1.82) is 0 Å². The number of carbonyl (C=O) groups excluding carboxylic acids is 1. The molecule has 0 aliphatic heterocycles. The summed E-state index contributed by atoms with van der Waals surface area (Å²) >= 11 is 0. The number of nitrogens with zero attached hydrogens (tertiary/aromatic N) is 5. The lowest BCUT2D eigenvalue weighted by atomic mass is 9.91. The van der Waals surface area contributed by atoms with Gasteiger partial charge < -0.3 is 11.5 Å². The largest absolute Gasteiger partial charge is 0.366 e. The van der Waals surface area contributed by atoms with Crippen molar-refractivity contribution in [3.8, 4) is 11.4 Å². The van der Waals surface area contributed by atoms with Crippen LogP contribution in [0.5, 0.6) is 0 Å². The van der Waals surface area contributed by atoms with Crippen LogP contribution in [0.25, 0.3) is 11.4 Å². The molecule has 0 saturated heterocycles. The second kappa shape index (κ2) is 9.11. The smallest absolute Gasteiger partial charge is 0.250 e. The minimum atomic E-state index is -0.594. The van der Waals surface area contributed by atoms with Crippen LogP contribution in [-0.4, -0.2) is 37.9 Å². The van der Waals surface area contributed by atoms with Gasteiger partial charge in [-0.1, -0.05) is 12.8 Å². The number of halogens is 1. The second-order valence-electron chi connectivity index (χ2n) is 7.38. The van der Waals surface area contributed by atoms with Gasteiger partial charge in [0.2, 0.25) is 5.91 Å². The Morgan fingerprint density at radius 1 is 1.10 bits per heavy atom. The minimum Gasteiger partial charge on any atom is -0.366 e. The van der Waals surface area contributed by atoms with Gasteiger partial charge in [0.25, 0.3) is 0 Å². The second-order valence-corrected chi connectivity index (χ2v) is 7.38. The Morgan fingerprint density at radius 2 is 1.87 bits per heavy atom. The zero-order valence-corrected chi connectivity index (χ0v) is 16.8. The van der Waals surface area contributed by atoms with Gasteiger partial charge in [-0.3, -0.25) is 14.8 Å². The summed E-state index contributed by atoms with van der Waals surface area (Å²) in [6, 6.07) is 4.61. The van der Waals surface area contributed by atoms with Crippen molar-refractivity contribution < 1.29 is 9.18 Å². The average Bonchev–Trinajstić information content (AvgIpc) is 2.80. The van der Waals surface area contributed by atoms with Crippen molar-refractivity contribution >= 4 is 17.4 Å². The molecule has 2 atom stereocenters. The molecule has 1 aliphatic rings. The summed E-state index contributed by atoms with van der Waals surface area (Å²) in [5.74, 6) is -0.557. The fourth-order valence-corrected chi connectivity index (χ4v) is 3.59. The van der Waals surface area contributed by atoms with Gasteiger partial charge >= 0.3 is 0 Å². The monoisotopic (exact) mass is 422 g/mol. The molecule has 160 valence electrons. The van der Waals surface area contributed by atoms with Crippen molar-refractivity contribution in [3.05, 3.63) is 60.6 Å². The van der Waals surface area contributed by atoms with Gasteiger partial charge in [-0.25, -0.2) is 24.8 Å². The highest BCUT2D eigenvalue weighted by Gasteiger charge is 2.27. The molecule has 5 N–H and O–H groups in total. The third kappa shape index (κ3) is 4.49. The van der Waals surface area contributed by atoms with Gasteiger partial charge in [-0.05, 0) is 31.0 Å². The van der Waals surface area contributed by atoms with E-state index in [4.69, 9.17) is 11.5 Å². The summed E-state index contributed by atoms with van der Waals surface area (Å²) in [6.07, 6.45) is 11.0. The number of hydrazine groups is 1. The third-order valence-corrected chi connectivity index (χ3v) is 5.29. The van der Waals surface area contributed by atoms with Gasteiger partial charge in [0, 0.05) is 36.9 Å². The van der Waals surface area contributed by atoms with E-state index in [-0.39, 0.29) is 34.7 Å². The predicted octanol–water partition coefficient (Wildman–Crippen LogP) is 2.08. The Balaban J connectivity index is 1.76. The number of rotatable bonds is 6. The first-order valence-corrected chi connectivity index (χ1v) is 10.0. The Morgan fingerprint density at radius 3 is 2.55 bits per heavy atom. The van der Waals surface area contributed by atoms with E-state index in [1.807, 2.05) is 0 Å². The average molecular weight is 422 g/mol. The number of nitrogens with two attached hydrogens (primary N) is 2. The molecule has 10 heteroatoms. The van der Waals surface area contributed by atoms with Crippen LogP contribution in [0.2, 0.25) is 0 Å². The molecule has 3 aromatic heterocycles. The first kappa shape index (κ1) is 20.8. The molecule has 1 fully saturated rings. The number of primary amides is 1. The first-order valence-electron chi connectivity index (χ1n) is 10.0. The summed E-state index contributed by atoms with van der Waals surface area (Å²) in [5, 5.41) is 1.51. The van der Waals surface area contributed by atoms with E-state index in [9.17, 15) is 4.79 Å². The lowest BCUT2D eigenvalue weighted by Gasteiger charge is -2.35. The van der Waals surface area contributed by atoms with Gasteiger partial charge in [0.15, 0.2) is 11.6 Å². The summed E-state index contributed by atoms with van der Waals surface area (Å²) in [7, 11) is 0. The van der Waals surface area contributed by atoms with E-state index in [0.29, 0.717) is 5.82 Å². The van der Waals surface area contributed by atoms with Crippen molar-refractivity contribution in [2.45, 2.75) is 37.8 Å². The van der Waals surface area contributed by atoms with Crippen LogP contribution in [0.15, 0.2) is 49.2 Å². The maximum Gasteiger partial charge on any atom is 0.250 e. The Hall–Kier alpha value is -3.50. The highest BCUT2D eigenvalue weighted by molar-refractivity contribution is 5.92. The molecule has 4 rings (SSSR count). The molecule has 1 saturated carbocycles. The molecular formula is C21H23FN8O. The normalized spacial score (nSPS) is 18.5. The molecule has 3 aromatic rings. The standard InChI is InChI=1S/C21H23FN8O/c22-19-14(21-26-8-3-9-27-21)11-25-12-17(19)30(29-16-5-2-1-4-15(16)23)18-7-6-13(10-28-18)20(24)31/h3,6-12,15-16,29H,1-2,4-5,23H2,(H2,24,31). The predicted molar refractivity (Wildman–Crippen MR) is 113 cm³/mol. The van der Waals surface area contributed by atoms with Crippen LogP contribution in [0.4, 0.5) is 15.9 Å². The van der Waals surface area contributed by atoms with Crippen molar-refractivity contribution in [3.63, 3.8) is 0 Å². The SMILES string of the molecule is NC(=O)c1ccc(N(NC2CCCCC2N)c2cncc(-c3ncccn3)c2F)nc1. The van der Waals surface area contributed by atoms with Crippen molar-refractivity contribution in [2.24, 2.45) is 11.5 Å². The Bertz CT molecular complexity index is 1050. The van der Waals surface area contributed by atoms with E-state index in [2.05, 4.69) is 25.4 Å². The van der Waals surface area contributed by atoms with Gasteiger partial charge in [-0.15, -0.1) is 0 Å². The molecule has 0 spiro atoms. The number of carbonyl (C=O) groups is 1. The summed E-state index contributed by atoms with van der Waals surface area (Å²) in [4.78, 5) is 28.2. The number of aromatic nitrogens is 4. The number of pyridine rings is 2. The molecule has 31 heavy (non-hydrogen) atoms. The topological polar surface area (TPSA) is 136 Å². The molecule has 1 aliphatic carbocycles. The molecule has 9 nitrogen and oxygen atoms in total. The molecule has 3 heterocycles. The summed E-state index contributed by atoms with van der Waals surface area (Å²) < 4.78 is 15.6. The summed E-state index contributed by atoms with van der Waals surface area (Å²) in [5.41, 5.74) is 15.5. The van der Waals surface area contributed by atoms with Crippen LogP contribution >= 0.6 is 0 Å². The zero-order valence-electron chi connectivity index (χ0n) is 16.8. The minimum absolute atomic E-state index is 0.0811. The zero-order chi connectivity index (χ0) is 21.8. The van der Waals surface area contributed by atoms with Gasteiger partial charge in [-0.2, -0.15) is 0 Å². The van der Waals surface area contributed by atoms with Crippen LogP contribution < -0.4 is 21.9 Å². The van der Waals surface area contributed by atoms with E-state index in [1.54, 1.807) is 12.1 Å². The highest BCUT2D eigenvalue weighted by Crippen LogP contribution is 2.31. The molecular weight excluding hydrogens is 399 g/mol. The number of amides is 1. The van der Waals surface area contributed by atoms with Crippen molar-refractivity contribution in [2.75, 3.05) is 5.01 Å². The third-order valence-electron chi connectivity index (χ3n) is 5.29. The Labute approximate surface area is 178 Å². The van der Waals surface area contributed by atoms with Crippen LogP contribution in [0.3, 0.4) is 0 Å². The van der Waals surface area contributed by atoms with E-state index in [0.717, 1.165) is 25.7 Å². The van der Waals surface area contributed by atoms with E-state index >= 15 is 4.39 Å².